The van der Waals surface area contributed by atoms with E-state index in [1.165, 1.54) is 77.0 Å². The largest absolute Gasteiger partial charge is 0.0654 e. The Balaban J connectivity index is 2.65. The van der Waals surface area contributed by atoms with E-state index in [4.69, 9.17) is 0 Å². The average Bonchev–Trinajstić information content (AvgIpc) is 2.51. The van der Waals surface area contributed by atoms with Crippen LogP contribution in [0.2, 0.25) is 0 Å². The van der Waals surface area contributed by atoms with Crippen LogP contribution < -0.4 is 0 Å². The number of hydrogen-bond acceptors (Lipinski definition) is 0. The zero-order valence-electron chi connectivity index (χ0n) is 14.7. The molecule has 0 spiro atoms. The van der Waals surface area contributed by atoms with E-state index < -0.39 is 0 Å². The van der Waals surface area contributed by atoms with E-state index in [1.54, 1.807) is 16.7 Å². The predicted molar refractivity (Wildman–Crippen MR) is 96.1 cm³/mol. The summed E-state index contributed by atoms with van der Waals surface area (Å²) < 4.78 is 0. The third kappa shape index (κ3) is 7.16. The molecular formula is C21H36. The molecule has 0 aliphatic rings. The Morgan fingerprint density at radius 1 is 0.571 bits per heavy atom. The highest BCUT2D eigenvalue weighted by Gasteiger charge is 2.08. The van der Waals surface area contributed by atoms with Crippen LogP contribution in [0.5, 0.6) is 0 Å². The van der Waals surface area contributed by atoms with Crippen LogP contribution in [0.4, 0.5) is 0 Å². The molecule has 120 valence electrons. The van der Waals surface area contributed by atoms with Crippen LogP contribution in [-0.4, -0.2) is 0 Å². The van der Waals surface area contributed by atoms with Gasteiger partial charge in [0.1, 0.15) is 0 Å². The second kappa shape index (κ2) is 11.8. The normalized spacial score (nSPS) is 11.0. The molecule has 0 radical (unpaired) electrons. The van der Waals surface area contributed by atoms with Crippen LogP contribution in [-0.2, 0) is 19.3 Å². The van der Waals surface area contributed by atoms with Gasteiger partial charge >= 0.3 is 0 Å². The highest BCUT2D eigenvalue weighted by molar-refractivity contribution is 5.36. The lowest BCUT2D eigenvalue weighted by atomic mass is 9.91. The van der Waals surface area contributed by atoms with Crippen LogP contribution in [0.15, 0.2) is 18.2 Å². The Bertz CT molecular complexity index is 364. The summed E-state index contributed by atoms with van der Waals surface area (Å²) in [7, 11) is 0. The van der Waals surface area contributed by atoms with Crippen molar-refractivity contribution in [2.75, 3.05) is 0 Å². The number of benzene rings is 1. The Labute approximate surface area is 133 Å². The SMILES string of the molecule is CCCCCCCc1cccc(CCCC)c1CCCC. The van der Waals surface area contributed by atoms with E-state index in [1.807, 2.05) is 0 Å². The summed E-state index contributed by atoms with van der Waals surface area (Å²) >= 11 is 0. The lowest BCUT2D eigenvalue weighted by Gasteiger charge is -2.15. The lowest BCUT2D eigenvalue weighted by molar-refractivity contribution is 0.629. The first-order valence-corrected chi connectivity index (χ1v) is 9.43. The zero-order chi connectivity index (χ0) is 15.3. The molecule has 0 unspecified atom stereocenters. The van der Waals surface area contributed by atoms with Crippen molar-refractivity contribution in [3.63, 3.8) is 0 Å². The van der Waals surface area contributed by atoms with Crippen molar-refractivity contribution < 1.29 is 0 Å². The third-order valence-corrected chi connectivity index (χ3v) is 4.50. The molecule has 0 aliphatic carbocycles. The molecule has 0 aromatic heterocycles. The monoisotopic (exact) mass is 288 g/mol. The molecule has 1 rings (SSSR count). The molecule has 0 amide bonds. The van der Waals surface area contributed by atoms with Gasteiger partial charge in [0.15, 0.2) is 0 Å². The molecule has 0 atom stereocenters. The topological polar surface area (TPSA) is 0 Å². The van der Waals surface area contributed by atoms with Gasteiger partial charge < -0.3 is 0 Å². The standard InChI is InChI=1S/C21H36/c1-4-7-10-11-12-15-20-17-13-16-19(14-8-5-2)21(20)18-9-6-3/h13,16-17H,4-12,14-15,18H2,1-3H3. The minimum absolute atomic E-state index is 1.28. The molecule has 0 bridgehead atoms. The van der Waals surface area contributed by atoms with E-state index in [0.29, 0.717) is 0 Å². The number of hydrogen-bond donors (Lipinski definition) is 0. The van der Waals surface area contributed by atoms with Crippen molar-refractivity contribution >= 4 is 0 Å². The van der Waals surface area contributed by atoms with Crippen LogP contribution >= 0.6 is 0 Å². The molecule has 0 fully saturated rings. The fourth-order valence-electron chi connectivity index (χ4n) is 3.12. The predicted octanol–water partition coefficient (Wildman–Crippen LogP) is 6.88. The lowest BCUT2D eigenvalue weighted by Crippen LogP contribution is -2.01. The molecule has 21 heavy (non-hydrogen) atoms. The van der Waals surface area contributed by atoms with Gasteiger partial charge in [-0.3, -0.25) is 0 Å². The van der Waals surface area contributed by atoms with E-state index in [0.717, 1.165) is 0 Å². The quantitative estimate of drug-likeness (QED) is 0.367. The Hall–Kier alpha value is -0.780. The van der Waals surface area contributed by atoms with Crippen LogP contribution in [0.1, 0.15) is 95.2 Å². The molecule has 1 aromatic carbocycles. The van der Waals surface area contributed by atoms with Crippen molar-refractivity contribution in [1.29, 1.82) is 0 Å². The van der Waals surface area contributed by atoms with Crippen molar-refractivity contribution in [2.45, 2.75) is 97.8 Å². The molecule has 0 saturated carbocycles. The first-order valence-electron chi connectivity index (χ1n) is 9.43. The van der Waals surface area contributed by atoms with E-state index in [2.05, 4.69) is 39.0 Å². The van der Waals surface area contributed by atoms with Crippen LogP contribution in [0, 0.1) is 0 Å². The summed E-state index contributed by atoms with van der Waals surface area (Å²) in [5.74, 6) is 0. The van der Waals surface area contributed by atoms with Crippen LogP contribution in [0.25, 0.3) is 0 Å². The summed E-state index contributed by atoms with van der Waals surface area (Å²) in [5.41, 5.74) is 4.98. The van der Waals surface area contributed by atoms with Crippen molar-refractivity contribution in [1.82, 2.24) is 0 Å². The van der Waals surface area contributed by atoms with Gasteiger partial charge in [0.05, 0.1) is 0 Å². The second-order valence-corrected chi connectivity index (χ2v) is 6.43. The first kappa shape index (κ1) is 18.3. The van der Waals surface area contributed by atoms with Crippen LogP contribution in [0.3, 0.4) is 0 Å². The van der Waals surface area contributed by atoms with E-state index >= 15 is 0 Å². The smallest absolute Gasteiger partial charge is 0.0274 e. The van der Waals surface area contributed by atoms with Gasteiger partial charge in [-0.15, -0.1) is 0 Å². The third-order valence-electron chi connectivity index (χ3n) is 4.50. The Morgan fingerprint density at radius 3 is 1.71 bits per heavy atom. The number of aryl methyl sites for hydroxylation is 2. The summed E-state index contributed by atoms with van der Waals surface area (Å²) in [5, 5.41) is 0. The fraction of sp³-hybridized carbons (Fsp3) is 0.714. The molecule has 0 nitrogen and oxygen atoms in total. The number of rotatable bonds is 12. The summed E-state index contributed by atoms with van der Waals surface area (Å²) in [6.07, 6.45) is 16.1. The second-order valence-electron chi connectivity index (χ2n) is 6.43. The van der Waals surface area contributed by atoms with Gasteiger partial charge in [0, 0.05) is 0 Å². The van der Waals surface area contributed by atoms with E-state index in [-0.39, 0.29) is 0 Å². The molecule has 0 aliphatic heterocycles. The van der Waals surface area contributed by atoms with Crippen molar-refractivity contribution in [3.8, 4) is 0 Å². The minimum atomic E-state index is 1.28. The zero-order valence-corrected chi connectivity index (χ0v) is 14.7. The van der Waals surface area contributed by atoms with Gasteiger partial charge in [-0.2, -0.15) is 0 Å². The fourth-order valence-corrected chi connectivity index (χ4v) is 3.12. The number of unbranched alkanes of at least 4 members (excludes halogenated alkanes) is 6. The van der Waals surface area contributed by atoms with Gasteiger partial charge in [-0.1, -0.05) is 77.5 Å². The minimum Gasteiger partial charge on any atom is -0.0654 e. The average molecular weight is 289 g/mol. The van der Waals surface area contributed by atoms with E-state index in [9.17, 15) is 0 Å². The van der Waals surface area contributed by atoms with Gasteiger partial charge in [-0.25, -0.2) is 0 Å². The highest BCUT2D eigenvalue weighted by atomic mass is 14.1. The molecule has 1 aromatic rings. The first-order chi connectivity index (χ1) is 10.3. The molecule has 0 heterocycles. The molecular weight excluding hydrogens is 252 g/mol. The Kier molecular flexibility index (Phi) is 10.3. The summed E-state index contributed by atoms with van der Waals surface area (Å²) in [4.78, 5) is 0. The van der Waals surface area contributed by atoms with Gasteiger partial charge in [0.2, 0.25) is 0 Å². The van der Waals surface area contributed by atoms with Crippen molar-refractivity contribution in [2.24, 2.45) is 0 Å². The maximum Gasteiger partial charge on any atom is -0.0274 e. The summed E-state index contributed by atoms with van der Waals surface area (Å²) in [6.45, 7) is 6.89. The maximum absolute atomic E-state index is 2.39. The molecule has 0 N–H and O–H groups in total. The highest BCUT2D eigenvalue weighted by Crippen LogP contribution is 2.22. The van der Waals surface area contributed by atoms with Crippen molar-refractivity contribution in [3.05, 3.63) is 34.9 Å². The van der Waals surface area contributed by atoms with Gasteiger partial charge in [0.25, 0.3) is 0 Å². The van der Waals surface area contributed by atoms with Gasteiger partial charge in [-0.05, 0) is 55.2 Å². The maximum atomic E-state index is 2.39. The molecule has 0 saturated heterocycles. The summed E-state index contributed by atoms with van der Waals surface area (Å²) in [6, 6.07) is 7.06. The molecule has 0 heteroatoms. The Morgan fingerprint density at radius 2 is 1.10 bits per heavy atom.